The maximum absolute atomic E-state index is 14.1. The van der Waals surface area contributed by atoms with Gasteiger partial charge in [-0.2, -0.15) is 0 Å². The highest BCUT2D eigenvalue weighted by Gasteiger charge is 2.27. The normalized spacial score (nSPS) is 16.0. The standard InChI is InChI=1S/C20H25ClFN3O3S/c1-12(15-8-13(22)9-17(21)19(15)28-2)16-10-14(25-6-4-24-5-7-25)11-18(23)20(16)29(3,26)27/h8-12,24H,4-7,23H2,1-3H3. The van der Waals surface area contributed by atoms with Crippen LogP contribution < -0.4 is 20.7 Å². The van der Waals surface area contributed by atoms with Gasteiger partial charge >= 0.3 is 0 Å². The first-order chi connectivity index (χ1) is 13.6. The Morgan fingerprint density at radius 1 is 1.21 bits per heavy atom. The molecule has 1 fully saturated rings. The van der Waals surface area contributed by atoms with Crippen LogP contribution in [-0.2, 0) is 9.84 Å². The monoisotopic (exact) mass is 441 g/mol. The molecule has 1 aliphatic heterocycles. The van der Waals surface area contributed by atoms with Gasteiger partial charge in [-0.05, 0) is 29.8 Å². The van der Waals surface area contributed by atoms with Crippen molar-refractivity contribution < 1.29 is 17.5 Å². The Morgan fingerprint density at radius 3 is 2.45 bits per heavy atom. The number of anilines is 2. The van der Waals surface area contributed by atoms with Gasteiger partial charge in [0.25, 0.3) is 0 Å². The number of halogens is 2. The quantitative estimate of drug-likeness (QED) is 0.694. The van der Waals surface area contributed by atoms with Gasteiger partial charge in [0.2, 0.25) is 0 Å². The molecule has 0 aromatic heterocycles. The molecule has 1 aliphatic rings. The van der Waals surface area contributed by atoms with Crippen molar-refractivity contribution in [2.24, 2.45) is 0 Å². The van der Waals surface area contributed by atoms with E-state index in [1.807, 2.05) is 6.07 Å². The van der Waals surface area contributed by atoms with Crippen LogP contribution in [0.5, 0.6) is 5.75 Å². The number of hydrogen-bond acceptors (Lipinski definition) is 6. The molecule has 158 valence electrons. The predicted octanol–water partition coefficient (Wildman–Crippen LogP) is 3.03. The number of piperazine rings is 1. The lowest BCUT2D eigenvalue weighted by atomic mass is 9.91. The number of nitrogens with one attached hydrogen (secondary N) is 1. The minimum Gasteiger partial charge on any atom is -0.495 e. The molecule has 3 rings (SSSR count). The third-order valence-electron chi connectivity index (χ3n) is 5.16. The average molecular weight is 442 g/mol. The first-order valence-corrected chi connectivity index (χ1v) is 11.5. The van der Waals surface area contributed by atoms with Gasteiger partial charge in [-0.25, -0.2) is 12.8 Å². The second-order valence-electron chi connectivity index (χ2n) is 7.19. The Hall–Kier alpha value is -2.03. The summed E-state index contributed by atoms with van der Waals surface area (Å²) in [5, 5.41) is 3.41. The highest BCUT2D eigenvalue weighted by Crippen LogP contribution is 2.42. The second kappa shape index (κ2) is 8.38. The van der Waals surface area contributed by atoms with E-state index in [-0.39, 0.29) is 15.6 Å². The zero-order valence-corrected chi connectivity index (χ0v) is 18.2. The maximum atomic E-state index is 14.1. The molecule has 0 aliphatic carbocycles. The minimum atomic E-state index is -3.63. The van der Waals surface area contributed by atoms with Crippen LogP contribution in [0, 0.1) is 5.82 Å². The van der Waals surface area contributed by atoms with E-state index in [1.165, 1.54) is 19.2 Å². The number of nitrogens with two attached hydrogens (primary N) is 1. The summed E-state index contributed by atoms with van der Waals surface area (Å²) >= 11 is 6.16. The van der Waals surface area contributed by atoms with Crippen LogP contribution in [0.3, 0.4) is 0 Å². The van der Waals surface area contributed by atoms with Crippen molar-refractivity contribution in [3.63, 3.8) is 0 Å². The fourth-order valence-electron chi connectivity index (χ4n) is 3.80. The molecule has 2 aromatic rings. The Kier molecular flexibility index (Phi) is 6.26. The van der Waals surface area contributed by atoms with Crippen LogP contribution in [-0.4, -0.2) is 48.0 Å². The Labute approximate surface area is 175 Å². The summed E-state index contributed by atoms with van der Waals surface area (Å²) in [6, 6.07) is 5.99. The maximum Gasteiger partial charge on any atom is 0.177 e. The second-order valence-corrected chi connectivity index (χ2v) is 9.55. The lowest BCUT2D eigenvalue weighted by molar-refractivity contribution is 0.407. The molecule has 6 nitrogen and oxygen atoms in total. The summed E-state index contributed by atoms with van der Waals surface area (Å²) in [6.07, 6.45) is 1.12. The Morgan fingerprint density at radius 2 is 1.86 bits per heavy atom. The van der Waals surface area contributed by atoms with Crippen molar-refractivity contribution in [2.45, 2.75) is 17.7 Å². The van der Waals surface area contributed by atoms with Crippen molar-refractivity contribution >= 4 is 32.8 Å². The fourth-order valence-corrected chi connectivity index (χ4v) is 5.24. The third-order valence-corrected chi connectivity index (χ3v) is 6.65. The van der Waals surface area contributed by atoms with Crippen LogP contribution in [0.4, 0.5) is 15.8 Å². The van der Waals surface area contributed by atoms with E-state index in [9.17, 15) is 12.8 Å². The molecule has 0 bridgehead atoms. The molecule has 29 heavy (non-hydrogen) atoms. The SMILES string of the molecule is COc1c(Cl)cc(F)cc1C(C)c1cc(N2CCNCC2)cc(N)c1S(C)(=O)=O. The lowest BCUT2D eigenvalue weighted by Gasteiger charge is -2.31. The number of hydrogen-bond donors (Lipinski definition) is 2. The van der Waals surface area contributed by atoms with Gasteiger partial charge in [0.15, 0.2) is 9.84 Å². The average Bonchev–Trinajstić information content (AvgIpc) is 2.66. The fraction of sp³-hybridized carbons (Fsp3) is 0.400. The number of nitrogen functional groups attached to an aromatic ring is 1. The molecule has 1 atom stereocenters. The largest absolute Gasteiger partial charge is 0.495 e. The van der Waals surface area contributed by atoms with Crippen molar-refractivity contribution in [1.82, 2.24) is 5.32 Å². The van der Waals surface area contributed by atoms with Gasteiger partial charge in [0, 0.05) is 49.6 Å². The van der Waals surface area contributed by atoms with Crippen molar-refractivity contribution in [2.75, 3.05) is 50.2 Å². The first kappa shape index (κ1) is 21.7. The molecule has 9 heteroatoms. The van der Waals surface area contributed by atoms with E-state index >= 15 is 0 Å². The van der Waals surface area contributed by atoms with Gasteiger partial charge in [0.05, 0.1) is 22.7 Å². The molecule has 0 amide bonds. The number of ether oxygens (including phenoxy) is 1. The minimum absolute atomic E-state index is 0.0475. The summed E-state index contributed by atoms with van der Waals surface area (Å²) in [4.78, 5) is 2.19. The van der Waals surface area contributed by atoms with E-state index in [0.717, 1.165) is 38.1 Å². The number of nitrogens with zero attached hydrogens (tertiary/aromatic N) is 1. The van der Waals surface area contributed by atoms with Gasteiger partial charge in [-0.15, -0.1) is 0 Å². The van der Waals surface area contributed by atoms with Crippen molar-refractivity contribution in [3.05, 3.63) is 46.2 Å². The molecular weight excluding hydrogens is 417 g/mol. The molecular formula is C20H25ClFN3O3S. The molecule has 1 unspecified atom stereocenters. The van der Waals surface area contributed by atoms with Crippen LogP contribution in [0.25, 0.3) is 0 Å². The van der Waals surface area contributed by atoms with Gasteiger partial charge in [-0.1, -0.05) is 18.5 Å². The topological polar surface area (TPSA) is 84.7 Å². The number of benzene rings is 2. The Balaban J connectivity index is 2.22. The van der Waals surface area contributed by atoms with Gasteiger partial charge < -0.3 is 20.7 Å². The van der Waals surface area contributed by atoms with E-state index < -0.39 is 21.6 Å². The summed E-state index contributed by atoms with van der Waals surface area (Å²) < 4.78 is 44.6. The summed E-state index contributed by atoms with van der Waals surface area (Å²) in [5.74, 6) is -0.732. The van der Waals surface area contributed by atoms with Gasteiger partial charge in [-0.3, -0.25) is 0 Å². The number of methoxy groups -OCH3 is 1. The van der Waals surface area contributed by atoms with Crippen LogP contribution in [0.15, 0.2) is 29.2 Å². The summed E-state index contributed by atoms with van der Waals surface area (Å²) in [7, 11) is -2.19. The molecule has 0 radical (unpaired) electrons. The predicted molar refractivity (Wildman–Crippen MR) is 115 cm³/mol. The smallest absolute Gasteiger partial charge is 0.177 e. The molecule has 1 heterocycles. The highest BCUT2D eigenvalue weighted by molar-refractivity contribution is 7.91. The molecule has 2 aromatic carbocycles. The number of sulfone groups is 1. The van der Waals surface area contributed by atoms with E-state index in [4.69, 9.17) is 22.1 Å². The summed E-state index contributed by atoms with van der Waals surface area (Å²) in [5.41, 5.74) is 8.16. The van der Waals surface area contributed by atoms with Crippen LogP contribution in [0.2, 0.25) is 5.02 Å². The number of rotatable bonds is 5. The van der Waals surface area contributed by atoms with E-state index in [2.05, 4.69) is 10.2 Å². The third kappa shape index (κ3) is 4.44. The van der Waals surface area contributed by atoms with E-state index in [0.29, 0.717) is 16.9 Å². The first-order valence-electron chi connectivity index (χ1n) is 9.25. The molecule has 0 spiro atoms. The van der Waals surface area contributed by atoms with Crippen LogP contribution in [0.1, 0.15) is 24.0 Å². The molecule has 1 saturated heterocycles. The summed E-state index contributed by atoms with van der Waals surface area (Å²) in [6.45, 7) is 5.00. The zero-order chi connectivity index (χ0) is 21.3. The van der Waals surface area contributed by atoms with Crippen LogP contribution >= 0.6 is 11.6 Å². The Bertz CT molecular complexity index is 1020. The van der Waals surface area contributed by atoms with E-state index in [1.54, 1.807) is 13.0 Å². The van der Waals surface area contributed by atoms with Crippen molar-refractivity contribution in [3.8, 4) is 5.75 Å². The molecule has 0 saturated carbocycles. The van der Waals surface area contributed by atoms with Crippen molar-refractivity contribution in [1.29, 1.82) is 0 Å². The highest BCUT2D eigenvalue weighted by atomic mass is 35.5. The zero-order valence-electron chi connectivity index (χ0n) is 16.6. The van der Waals surface area contributed by atoms with Gasteiger partial charge in [0.1, 0.15) is 11.6 Å². The molecule has 3 N–H and O–H groups in total. The lowest BCUT2D eigenvalue weighted by Crippen LogP contribution is -2.43.